The van der Waals surface area contributed by atoms with Crippen molar-refractivity contribution >= 4 is 29.2 Å². The number of methoxy groups -OCH3 is 1. The van der Waals surface area contributed by atoms with Gasteiger partial charge in [-0.25, -0.2) is 4.79 Å². The van der Waals surface area contributed by atoms with Crippen molar-refractivity contribution < 1.29 is 23.9 Å². The van der Waals surface area contributed by atoms with Crippen LogP contribution in [0.3, 0.4) is 0 Å². The topological polar surface area (TPSA) is 84.9 Å². The van der Waals surface area contributed by atoms with Crippen LogP contribution in [-0.4, -0.2) is 37.5 Å². The van der Waals surface area contributed by atoms with Gasteiger partial charge in [-0.15, -0.1) is 0 Å². The molecule has 152 valence electrons. The molecule has 2 amide bonds. The van der Waals surface area contributed by atoms with Crippen LogP contribution in [0.1, 0.15) is 30.6 Å². The van der Waals surface area contributed by atoms with Crippen LogP contribution < -0.4 is 15.0 Å². The van der Waals surface area contributed by atoms with Crippen LogP contribution in [0, 0.1) is 5.92 Å². The Kier molecular flexibility index (Phi) is 6.16. The van der Waals surface area contributed by atoms with Crippen molar-refractivity contribution in [1.82, 2.24) is 0 Å². The molecule has 7 nitrogen and oxygen atoms in total. The molecule has 0 bridgehead atoms. The third kappa shape index (κ3) is 4.74. The molecule has 0 aliphatic carbocycles. The number of nitrogens with one attached hydrogen (secondary N) is 1. The van der Waals surface area contributed by atoms with Crippen molar-refractivity contribution in [3.05, 3.63) is 54.1 Å². The van der Waals surface area contributed by atoms with Crippen LogP contribution in [0.4, 0.5) is 11.4 Å². The number of rotatable bonds is 6. The SMILES string of the molecule is COC(=O)c1ccc(NC(=O)C2CC(=O)N(c3ccccc3OC(C)C)C2)cc1. The van der Waals surface area contributed by atoms with Gasteiger partial charge in [0.2, 0.25) is 11.8 Å². The maximum atomic E-state index is 12.7. The van der Waals surface area contributed by atoms with Gasteiger partial charge in [0.1, 0.15) is 5.75 Å². The molecule has 1 heterocycles. The van der Waals surface area contributed by atoms with Crippen LogP contribution in [0.2, 0.25) is 0 Å². The molecule has 0 spiro atoms. The van der Waals surface area contributed by atoms with Gasteiger partial charge in [0, 0.05) is 18.7 Å². The highest BCUT2D eigenvalue weighted by Gasteiger charge is 2.36. The summed E-state index contributed by atoms with van der Waals surface area (Å²) in [5.41, 5.74) is 1.62. The Hall–Kier alpha value is -3.35. The molecule has 1 saturated heterocycles. The lowest BCUT2D eigenvalue weighted by molar-refractivity contribution is -0.122. The summed E-state index contributed by atoms with van der Waals surface area (Å²) in [6, 6.07) is 13.7. The number of hydrogen-bond acceptors (Lipinski definition) is 5. The van der Waals surface area contributed by atoms with Crippen molar-refractivity contribution in [3.8, 4) is 5.75 Å². The molecule has 1 atom stereocenters. The van der Waals surface area contributed by atoms with E-state index in [1.165, 1.54) is 7.11 Å². The standard InChI is InChI=1S/C22H24N2O5/c1-14(2)29-19-7-5-4-6-18(19)24-13-16(12-20(24)25)21(26)23-17-10-8-15(9-11-17)22(27)28-3/h4-11,14,16H,12-13H2,1-3H3,(H,23,26). The van der Waals surface area contributed by atoms with Gasteiger partial charge in [-0.1, -0.05) is 12.1 Å². The lowest BCUT2D eigenvalue weighted by atomic mass is 10.1. The Morgan fingerprint density at radius 3 is 2.45 bits per heavy atom. The predicted octanol–water partition coefficient (Wildman–Crippen LogP) is 3.25. The molecule has 3 rings (SSSR count). The van der Waals surface area contributed by atoms with Gasteiger partial charge in [-0.3, -0.25) is 9.59 Å². The van der Waals surface area contributed by atoms with Gasteiger partial charge in [0.25, 0.3) is 0 Å². The Labute approximate surface area is 169 Å². The summed E-state index contributed by atoms with van der Waals surface area (Å²) in [5.74, 6) is -0.660. The fourth-order valence-electron chi connectivity index (χ4n) is 3.20. The molecule has 2 aromatic rings. The summed E-state index contributed by atoms with van der Waals surface area (Å²) in [7, 11) is 1.31. The van der Waals surface area contributed by atoms with Crippen LogP contribution in [0.15, 0.2) is 48.5 Å². The molecule has 0 radical (unpaired) electrons. The first kappa shape index (κ1) is 20.4. The van der Waals surface area contributed by atoms with E-state index >= 15 is 0 Å². The smallest absolute Gasteiger partial charge is 0.337 e. The lowest BCUT2D eigenvalue weighted by Crippen LogP contribution is -2.28. The Balaban J connectivity index is 1.69. The number of para-hydroxylation sites is 2. The van der Waals surface area contributed by atoms with Gasteiger partial charge in [0.15, 0.2) is 0 Å². The second-order valence-corrected chi connectivity index (χ2v) is 7.10. The van der Waals surface area contributed by atoms with Gasteiger partial charge in [-0.05, 0) is 50.2 Å². The minimum absolute atomic E-state index is 0.0269. The van der Waals surface area contributed by atoms with Crippen LogP contribution in [-0.2, 0) is 14.3 Å². The minimum Gasteiger partial charge on any atom is -0.489 e. The third-order valence-corrected chi connectivity index (χ3v) is 4.59. The van der Waals surface area contributed by atoms with Gasteiger partial charge < -0.3 is 19.7 Å². The molecule has 1 unspecified atom stereocenters. The molecule has 1 aliphatic heterocycles. The molecule has 7 heteroatoms. The zero-order valence-electron chi connectivity index (χ0n) is 16.7. The Morgan fingerprint density at radius 1 is 1.10 bits per heavy atom. The normalized spacial score (nSPS) is 16.1. The molecule has 1 fully saturated rings. The fraction of sp³-hybridized carbons (Fsp3) is 0.318. The highest BCUT2D eigenvalue weighted by molar-refractivity contribution is 6.04. The monoisotopic (exact) mass is 396 g/mol. The molecular weight excluding hydrogens is 372 g/mol. The van der Waals surface area contributed by atoms with Gasteiger partial charge in [0.05, 0.1) is 30.4 Å². The van der Waals surface area contributed by atoms with Crippen LogP contribution in [0.5, 0.6) is 5.75 Å². The van der Waals surface area contributed by atoms with E-state index in [2.05, 4.69) is 10.1 Å². The summed E-state index contributed by atoms with van der Waals surface area (Å²) >= 11 is 0. The zero-order valence-corrected chi connectivity index (χ0v) is 16.7. The fourth-order valence-corrected chi connectivity index (χ4v) is 3.20. The maximum Gasteiger partial charge on any atom is 0.337 e. The second kappa shape index (κ2) is 8.77. The highest BCUT2D eigenvalue weighted by Crippen LogP contribution is 2.34. The van der Waals surface area contributed by atoms with Gasteiger partial charge >= 0.3 is 5.97 Å². The predicted molar refractivity (Wildman–Crippen MR) is 109 cm³/mol. The number of ether oxygens (including phenoxy) is 2. The quantitative estimate of drug-likeness (QED) is 0.758. The number of esters is 1. The number of nitrogens with zero attached hydrogens (tertiary/aromatic N) is 1. The average Bonchev–Trinajstić information content (AvgIpc) is 3.09. The van der Waals surface area contributed by atoms with Crippen molar-refractivity contribution in [1.29, 1.82) is 0 Å². The van der Waals surface area contributed by atoms with Crippen molar-refractivity contribution in [2.45, 2.75) is 26.4 Å². The van der Waals surface area contributed by atoms with Crippen molar-refractivity contribution in [2.75, 3.05) is 23.9 Å². The van der Waals surface area contributed by atoms with Crippen LogP contribution >= 0.6 is 0 Å². The van der Waals surface area contributed by atoms with E-state index in [-0.39, 0.29) is 30.9 Å². The Morgan fingerprint density at radius 2 is 1.79 bits per heavy atom. The third-order valence-electron chi connectivity index (χ3n) is 4.59. The van der Waals surface area contributed by atoms with Crippen molar-refractivity contribution in [3.63, 3.8) is 0 Å². The first-order valence-corrected chi connectivity index (χ1v) is 9.44. The molecular formula is C22H24N2O5. The zero-order chi connectivity index (χ0) is 21.0. The Bertz CT molecular complexity index is 908. The second-order valence-electron chi connectivity index (χ2n) is 7.10. The van der Waals surface area contributed by atoms with Crippen LogP contribution in [0.25, 0.3) is 0 Å². The molecule has 0 saturated carbocycles. The molecule has 0 aromatic heterocycles. The summed E-state index contributed by atoms with van der Waals surface area (Å²) in [6.07, 6.45) is 0.100. The largest absolute Gasteiger partial charge is 0.489 e. The molecule has 1 N–H and O–H groups in total. The number of hydrogen-bond donors (Lipinski definition) is 1. The summed E-state index contributed by atoms with van der Waals surface area (Å²) < 4.78 is 10.5. The number of carbonyl (C=O) groups is 3. The first-order chi connectivity index (χ1) is 13.9. The van der Waals surface area contributed by atoms with Crippen molar-refractivity contribution in [2.24, 2.45) is 5.92 Å². The van der Waals surface area contributed by atoms with E-state index in [1.807, 2.05) is 38.1 Å². The van der Waals surface area contributed by atoms with E-state index in [0.29, 0.717) is 22.7 Å². The van der Waals surface area contributed by atoms with Gasteiger partial charge in [-0.2, -0.15) is 0 Å². The summed E-state index contributed by atoms with van der Waals surface area (Å²) in [4.78, 5) is 38.3. The van der Waals surface area contributed by atoms with E-state index in [4.69, 9.17) is 4.74 Å². The minimum atomic E-state index is -0.477. The summed E-state index contributed by atoms with van der Waals surface area (Å²) in [6.45, 7) is 4.12. The number of benzene rings is 2. The van der Waals surface area contributed by atoms with E-state index < -0.39 is 11.9 Å². The molecule has 1 aliphatic rings. The lowest BCUT2D eigenvalue weighted by Gasteiger charge is -2.21. The first-order valence-electron chi connectivity index (χ1n) is 9.44. The highest BCUT2D eigenvalue weighted by atomic mass is 16.5. The molecule has 2 aromatic carbocycles. The maximum absolute atomic E-state index is 12.7. The van der Waals surface area contributed by atoms with E-state index in [9.17, 15) is 14.4 Å². The number of carbonyl (C=O) groups excluding carboxylic acids is 3. The summed E-state index contributed by atoms with van der Waals surface area (Å²) in [5, 5.41) is 2.81. The molecule has 29 heavy (non-hydrogen) atoms. The number of anilines is 2. The van der Waals surface area contributed by atoms with E-state index in [1.54, 1.807) is 29.2 Å². The van der Waals surface area contributed by atoms with E-state index in [0.717, 1.165) is 0 Å². The average molecular weight is 396 g/mol. The number of amides is 2.